The average Bonchev–Trinajstić information content (AvgIpc) is 3.04. The lowest BCUT2D eigenvalue weighted by atomic mass is 9.99. The predicted octanol–water partition coefficient (Wildman–Crippen LogP) is 1.08. The lowest BCUT2D eigenvalue weighted by molar-refractivity contribution is -0.130. The van der Waals surface area contributed by atoms with Crippen LogP contribution >= 0.6 is 0 Å². The van der Waals surface area contributed by atoms with Crippen LogP contribution in [0.5, 0.6) is 0 Å². The molecule has 7 heteroatoms. The molecule has 3 rings (SSSR count). The summed E-state index contributed by atoms with van der Waals surface area (Å²) in [6.07, 6.45) is 2.43. The largest absolute Gasteiger partial charge is 0.342 e. The first kappa shape index (κ1) is 16.2. The molecule has 1 amide bonds. The quantitative estimate of drug-likeness (QED) is 0.911. The molecule has 1 aliphatic heterocycles. The number of rotatable bonds is 4. The van der Waals surface area contributed by atoms with Gasteiger partial charge >= 0.3 is 5.69 Å². The number of aromatic amines is 1. The molecule has 1 aromatic heterocycles. The molecule has 0 unspecified atom stereocenters. The normalized spacial score (nSPS) is 17.2. The third-order valence-corrected chi connectivity index (χ3v) is 4.35. The first-order valence-corrected chi connectivity index (χ1v) is 7.86. The van der Waals surface area contributed by atoms with E-state index in [0.717, 1.165) is 12.0 Å². The zero-order valence-electron chi connectivity index (χ0n) is 13.1. The fraction of sp³-hybridized carbons (Fsp3) is 0.353. The first-order valence-electron chi connectivity index (χ1n) is 7.86. The monoisotopic (exact) mass is 331 g/mol. The number of amides is 1. The minimum atomic E-state index is -0.513. The van der Waals surface area contributed by atoms with Crippen LogP contribution in [-0.4, -0.2) is 33.4 Å². The summed E-state index contributed by atoms with van der Waals surface area (Å²) in [6.45, 7) is 1.48. The van der Waals surface area contributed by atoms with Crippen LogP contribution in [0.2, 0.25) is 0 Å². The van der Waals surface area contributed by atoms with Gasteiger partial charge in [0.2, 0.25) is 5.91 Å². The molecule has 0 radical (unpaired) electrons. The number of carbonyl (C=O) groups is 1. The number of halogens is 1. The number of nitrogens with zero attached hydrogens (tertiary/aromatic N) is 2. The van der Waals surface area contributed by atoms with Crippen LogP contribution in [-0.2, 0) is 11.3 Å². The van der Waals surface area contributed by atoms with E-state index in [4.69, 9.17) is 0 Å². The highest BCUT2D eigenvalue weighted by Gasteiger charge is 2.27. The number of hydrogen-bond acceptors (Lipinski definition) is 3. The third-order valence-electron chi connectivity index (χ3n) is 4.35. The second-order valence-electron chi connectivity index (χ2n) is 5.93. The molecule has 1 aromatic carbocycles. The highest BCUT2D eigenvalue weighted by Crippen LogP contribution is 2.27. The summed E-state index contributed by atoms with van der Waals surface area (Å²) in [4.78, 5) is 38.8. The molecule has 6 nitrogen and oxygen atoms in total. The van der Waals surface area contributed by atoms with E-state index in [2.05, 4.69) is 4.98 Å². The van der Waals surface area contributed by atoms with Crippen LogP contribution in [0.1, 0.15) is 24.3 Å². The second kappa shape index (κ2) is 6.82. The topological polar surface area (TPSA) is 75.2 Å². The van der Waals surface area contributed by atoms with Crippen LogP contribution < -0.4 is 11.2 Å². The van der Waals surface area contributed by atoms with Gasteiger partial charge in [0, 0.05) is 44.2 Å². The minimum Gasteiger partial charge on any atom is -0.342 e. The zero-order valence-corrected chi connectivity index (χ0v) is 13.1. The van der Waals surface area contributed by atoms with Crippen molar-refractivity contribution >= 4 is 5.91 Å². The van der Waals surface area contributed by atoms with E-state index in [-0.39, 0.29) is 30.6 Å². The van der Waals surface area contributed by atoms with Crippen molar-refractivity contribution in [2.75, 3.05) is 13.1 Å². The number of H-pyrrole nitrogens is 1. The van der Waals surface area contributed by atoms with E-state index >= 15 is 0 Å². The van der Waals surface area contributed by atoms with Gasteiger partial charge in [-0.15, -0.1) is 0 Å². The lowest BCUT2D eigenvalue weighted by Gasteiger charge is -2.17. The van der Waals surface area contributed by atoms with E-state index in [1.54, 1.807) is 17.0 Å². The van der Waals surface area contributed by atoms with Gasteiger partial charge in [0.05, 0.1) is 0 Å². The highest BCUT2D eigenvalue weighted by molar-refractivity contribution is 5.76. The van der Waals surface area contributed by atoms with Crippen LogP contribution in [0.25, 0.3) is 0 Å². The molecule has 1 saturated heterocycles. The molecule has 24 heavy (non-hydrogen) atoms. The Morgan fingerprint density at radius 3 is 2.67 bits per heavy atom. The summed E-state index contributed by atoms with van der Waals surface area (Å²) in [5, 5.41) is 0. The average molecular weight is 331 g/mol. The minimum absolute atomic E-state index is 0.0299. The molecule has 1 aliphatic rings. The van der Waals surface area contributed by atoms with Crippen molar-refractivity contribution in [3.05, 3.63) is 68.7 Å². The fourth-order valence-electron chi connectivity index (χ4n) is 2.99. The molecule has 1 fully saturated rings. The molecular weight excluding hydrogens is 313 g/mol. The maximum Gasteiger partial charge on any atom is 0.328 e. The Hall–Kier alpha value is -2.70. The Balaban J connectivity index is 1.57. The molecule has 0 spiro atoms. The first-order chi connectivity index (χ1) is 11.5. The van der Waals surface area contributed by atoms with Gasteiger partial charge in [0.25, 0.3) is 5.56 Å². The molecule has 1 N–H and O–H groups in total. The highest BCUT2D eigenvalue weighted by atomic mass is 19.1. The molecule has 0 bridgehead atoms. The van der Waals surface area contributed by atoms with Crippen LogP contribution in [0, 0.1) is 5.82 Å². The Labute approximate surface area is 137 Å². The zero-order chi connectivity index (χ0) is 17.1. The van der Waals surface area contributed by atoms with Crippen LogP contribution in [0.4, 0.5) is 4.39 Å². The number of carbonyl (C=O) groups excluding carboxylic acids is 1. The smallest absolute Gasteiger partial charge is 0.328 e. The van der Waals surface area contributed by atoms with Gasteiger partial charge in [-0.3, -0.25) is 14.6 Å². The summed E-state index contributed by atoms with van der Waals surface area (Å²) in [5.41, 5.74) is 0.0636. The van der Waals surface area contributed by atoms with Crippen molar-refractivity contribution in [1.82, 2.24) is 14.5 Å². The van der Waals surface area contributed by atoms with E-state index in [0.29, 0.717) is 13.1 Å². The van der Waals surface area contributed by atoms with Crippen molar-refractivity contribution in [3.63, 3.8) is 0 Å². The van der Waals surface area contributed by atoms with Gasteiger partial charge in [0.15, 0.2) is 0 Å². The number of aromatic nitrogens is 2. The van der Waals surface area contributed by atoms with Gasteiger partial charge in [0.1, 0.15) is 5.82 Å². The Kier molecular flexibility index (Phi) is 4.59. The van der Waals surface area contributed by atoms with Crippen molar-refractivity contribution in [2.24, 2.45) is 0 Å². The molecular formula is C17H18FN3O3. The standard InChI is InChI=1S/C17H18FN3O3/c18-14-3-1-12(2-4-14)13-5-8-21(11-13)16(23)7-10-20-9-6-15(22)19-17(20)24/h1-4,6,9,13H,5,7-8,10-11H2,(H,19,22,24)/t13-/m0/s1. The Morgan fingerprint density at radius 1 is 1.21 bits per heavy atom. The summed E-state index contributed by atoms with van der Waals surface area (Å²) >= 11 is 0. The molecule has 0 aliphatic carbocycles. The van der Waals surface area contributed by atoms with E-state index in [9.17, 15) is 18.8 Å². The maximum absolute atomic E-state index is 13.0. The van der Waals surface area contributed by atoms with Gasteiger partial charge in [-0.05, 0) is 24.1 Å². The summed E-state index contributed by atoms with van der Waals surface area (Å²) in [7, 11) is 0. The second-order valence-corrected chi connectivity index (χ2v) is 5.93. The molecule has 126 valence electrons. The van der Waals surface area contributed by atoms with Gasteiger partial charge < -0.3 is 9.47 Å². The Morgan fingerprint density at radius 2 is 1.96 bits per heavy atom. The summed E-state index contributed by atoms with van der Waals surface area (Å²) in [5.74, 6) is -0.0842. The fourth-order valence-corrected chi connectivity index (χ4v) is 2.99. The lowest BCUT2D eigenvalue weighted by Crippen LogP contribution is -2.32. The Bertz CT molecular complexity index is 841. The molecule has 1 atom stereocenters. The van der Waals surface area contributed by atoms with Crippen molar-refractivity contribution in [3.8, 4) is 0 Å². The number of nitrogens with one attached hydrogen (secondary N) is 1. The molecule has 0 saturated carbocycles. The molecule has 2 aromatic rings. The van der Waals surface area contributed by atoms with Gasteiger partial charge in [-0.2, -0.15) is 0 Å². The van der Waals surface area contributed by atoms with Crippen molar-refractivity contribution in [2.45, 2.75) is 25.3 Å². The van der Waals surface area contributed by atoms with Gasteiger partial charge in [-0.1, -0.05) is 12.1 Å². The van der Waals surface area contributed by atoms with E-state index in [1.807, 2.05) is 0 Å². The maximum atomic E-state index is 13.0. The summed E-state index contributed by atoms with van der Waals surface area (Å²) in [6, 6.07) is 7.64. The molecule has 2 heterocycles. The SMILES string of the molecule is O=C(CCn1ccc(=O)[nH]c1=O)N1CC[C@H](c2ccc(F)cc2)C1. The number of hydrogen-bond donors (Lipinski definition) is 1. The predicted molar refractivity (Wildman–Crippen MR) is 86.3 cm³/mol. The van der Waals surface area contributed by atoms with Crippen LogP contribution in [0.15, 0.2) is 46.1 Å². The van der Waals surface area contributed by atoms with Crippen molar-refractivity contribution in [1.29, 1.82) is 0 Å². The number of aryl methyl sites for hydroxylation is 1. The third kappa shape index (κ3) is 3.61. The van der Waals surface area contributed by atoms with Crippen molar-refractivity contribution < 1.29 is 9.18 Å². The summed E-state index contributed by atoms with van der Waals surface area (Å²) < 4.78 is 14.3. The number of likely N-dealkylation sites (tertiary alicyclic amines) is 1. The number of benzene rings is 1. The van der Waals surface area contributed by atoms with Crippen LogP contribution in [0.3, 0.4) is 0 Å². The van der Waals surface area contributed by atoms with E-state index < -0.39 is 11.2 Å². The van der Waals surface area contributed by atoms with Gasteiger partial charge in [-0.25, -0.2) is 9.18 Å². The van der Waals surface area contributed by atoms with E-state index in [1.165, 1.54) is 29.0 Å².